The Balaban J connectivity index is 0.000000640. The fourth-order valence-corrected chi connectivity index (χ4v) is 1.43. The van der Waals surface area contributed by atoms with Crippen molar-refractivity contribution in [1.29, 1.82) is 0 Å². The van der Waals surface area contributed by atoms with Crippen LogP contribution in [-0.2, 0) is 0 Å². The van der Waals surface area contributed by atoms with Crippen molar-refractivity contribution in [2.45, 2.75) is 39.5 Å². The molecule has 9 heavy (non-hydrogen) atoms. The molecule has 0 aromatic heterocycles. The molecule has 0 aromatic rings. The van der Waals surface area contributed by atoms with Crippen LogP contribution in [0.3, 0.4) is 0 Å². The summed E-state index contributed by atoms with van der Waals surface area (Å²) >= 11 is 0. The molecule has 0 bridgehead atoms. The first kappa shape index (κ1) is 9.73. The summed E-state index contributed by atoms with van der Waals surface area (Å²) in [6.07, 6.45) is 5.89. The molecular weight excluding hydrogens is 223 g/mol. The predicted octanol–water partition coefficient (Wildman–Crippen LogP) is 3.45. The lowest BCUT2D eigenvalue weighted by atomic mass is 9.84. The van der Waals surface area contributed by atoms with Crippen LogP contribution in [0.15, 0.2) is 0 Å². The maximum absolute atomic E-state index is 2.37. The predicted molar refractivity (Wildman–Crippen MR) is 52.2 cm³/mol. The molecular formula is C8H17I. The topological polar surface area (TPSA) is 0 Å². The summed E-state index contributed by atoms with van der Waals surface area (Å²) in [5, 5.41) is 0. The van der Waals surface area contributed by atoms with Crippen molar-refractivity contribution in [2.24, 2.45) is 11.8 Å². The third kappa shape index (κ3) is 3.43. The first-order chi connectivity index (χ1) is 3.79. The highest BCUT2D eigenvalue weighted by molar-refractivity contribution is 14.0. The zero-order valence-electron chi connectivity index (χ0n) is 6.39. The quantitative estimate of drug-likeness (QED) is 0.569. The van der Waals surface area contributed by atoms with Gasteiger partial charge in [-0.25, -0.2) is 0 Å². The van der Waals surface area contributed by atoms with Crippen LogP contribution >= 0.6 is 24.0 Å². The standard InChI is InChI=1S/C8H16.HI/c1-7-3-5-8(2)6-4-7;/h7-8H,3-6H2,1-2H3;1H. The number of halogens is 1. The number of rotatable bonds is 0. The largest absolute Gasteiger partial charge is 0.107 e. The molecule has 0 aromatic carbocycles. The molecule has 1 heteroatoms. The van der Waals surface area contributed by atoms with Crippen LogP contribution in [0, 0.1) is 11.8 Å². The maximum Gasteiger partial charge on any atom is -0.0443 e. The normalized spacial score (nSPS) is 35.3. The van der Waals surface area contributed by atoms with E-state index >= 15 is 0 Å². The van der Waals surface area contributed by atoms with Gasteiger partial charge in [-0.15, -0.1) is 24.0 Å². The summed E-state index contributed by atoms with van der Waals surface area (Å²) in [5.41, 5.74) is 0. The minimum atomic E-state index is 0. The highest BCUT2D eigenvalue weighted by atomic mass is 127. The molecule has 0 atom stereocenters. The van der Waals surface area contributed by atoms with Gasteiger partial charge in [-0.05, 0) is 11.8 Å². The van der Waals surface area contributed by atoms with E-state index < -0.39 is 0 Å². The van der Waals surface area contributed by atoms with E-state index in [1.54, 1.807) is 0 Å². The van der Waals surface area contributed by atoms with Crippen molar-refractivity contribution in [3.8, 4) is 0 Å². The molecule has 0 heterocycles. The SMILES string of the molecule is CC1CCC(C)CC1.I. The molecule has 0 unspecified atom stereocenters. The number of hydrogen-bond donors (Lipinski definition) is 0. The Morgan fingerprint density at radius 1 is 0.778 bits per heavy atom. The van der Waals surface area contributed by atoms with Crippen molar-refractivity contribution in [1.82, 2.24) is 0 Å². The van der Waals surface area contributed by atoms with Gasteiger partial charge in [0.25, 0.3) is 0 Å². The van der Waals surface area contributed by atoms with Crippen LogP contribution in [0.4, 0.5) is 0 Å². The Morgan fingerprint density at radius 3 is 1.22 bits per heavy atom. The van der Waals surface area contributed by atoms with Crippen LogP contribution in [0.2, 0.25) is 0 Å². The lowest BCUT2D eigenvalue weighted by Crippen LogP contribution is -2.08. The molecule has 0 saturated heterocycles. The van der Waals surface area contributed by atoms with E-state index in [1.165, 1.54) is 25.7 Å². The average Bonchev–Trinajstić information content (AvgIpc) is 1.77. The van der Waals surface area contributed by atoms with Gasteiger partial charge < -0.3 is 0 Å². The van der Waals surface area contributed by atoms with Gasteiger partial charge in [0.05, 0.1) is 0 Å². The van der Waals surface area contributed by atoms with Crippen LogP contribution in [0.25, 0.3) is 0 Å². The van der Waals surface area contributed by atoms with Gasteiger partial charge in [-0.3, -0.25) is 0 Å². The highest BCUT2D eigenvalue weighted by Gasteiger charge is 2.13. The molecule has 0 radical (unpaired) electrons. The molecule has 1 aliphatic rings. The summed E-state index contributed by atoms with van der Waals surface area (Å²) in [6.45, 7) is 4.73. The zero-order valence-corrected chi connectivity index (χ0v) is 8.72. The van der Waals surface area contributed by atoms with Gasteiger partial charge in [-0.2, -0.15) is 0 Å². The maximum atomic E-state index is 2.37. The zero-order chi connectivity index (χ0) is 5.98. The van der Waals surface area contributed by atoms with Crippen LogP contribution in [0.5, 0.6) is 0 Å². The molecule has 0 aliphatic heterocycles. The smallest absolute Gasteiger partial charge is 0.0443 e. The molecule has 0 amide bonds. The molecule has 1 aliphatic carbocycles. The van der Waals surface area contributed by atoms with Crippen molar-refractivity contribution >= 4 is 24.0 Å². The fourth-order valence-electron chi connectivity index (χ4n) is 1.43. The van der Waals surface area contributed by atoms with E-state index in [9.17, 15) is 0 Å². The van der Waals surface area contributed by atoms with Gasteiger partial charge in [0, 0.05) is 0 Å². The third-order valence-corrected chi connectivity index (χ3v) is 2.30. The second-order valence-corrected chi connectivity index (χ2v) is 3.37. The summed E-state index contributed by atoms with van der Waals surface area (Å²) in [6, 6.07) is 0. The van der Waals surface area contributed by atoms with Gasteiger partial charge in [0.15, 0.2) is 0 Å². The lowest BCUT2D eigenvalue weighted by Gasteiger charge is -2.22. The first-order valence-corrected chi connectivity index (χ1v) is 3.79. The van der Waals surface area contributed by atoms with Gasteiger partial charge in [0.1, 0.15) is 0 Å². The second kappa shape index (κ2) is 4.53. The van der Waals surface area contributed by atoms with E-state index in [-0.39, 0.29) is 24.0 Å². The first-order valence-electron chi connectivity index (χ1n) is 3.79. The Labute approximate surface area is 75.4 Å². The van der Waals surface area contributed by atoms with Crippen molar-refractivity contribution in [3.05, 3.63) is 0 Å². The van der Waals surface area contributed by atoms with Crippen molar-refractivity contribution < 1.29 is 0 Å². The van der Waals surface area contributed by atoms with E-state index in [4.69, 9.17) is 0 Å². The minimum absolute atomic E-state index is 0. The van der Waals surface area contributed by atoms with Crippen LogP contribution in [0.1, 0.15) is 39.5 Å². The molecule has 1 rings (SSSR count). The Hall–Kier alpha value is 0.730. The highest BCUT2D eigenvalue weighted by Crippen LogP contribution is 2.27. The van der Waals surface area contributed by atoms with E-state index in [0.29, 0.717) is 0 Å². The monoisotopic (exact) mass is 240 g/mol. The molecule has 0 nitrogen and oxygen atoms in total. The lowest BCUT2D eigenvalue weighted by molar-refractivity contribution is 0.308. The van der Waals surface area contributed by atoms with Gasteiger partial charge in [-0.1, -0.05) is 39.5 Å². The molecule has 0 spiro atoms. The van der Waals surface area contributed by atoms with E-state index in [2.05, 4.69) is 13.8 Å². The van der Waals surface area contributed by atoms with Crippen molar-refractivity contribution in [2.75, 3.05) is 0 Å². The molecule has 0 N–H and O–H groups in total. The van der Waals surface area contributed by atoms with Crippen LogP contribution in [-0.4, -0.2) is 0 Å². The summed E-state index contributed by atoms with van der Waals surface area (Å²) in [5.74, 6) is 2.04. The van der Waals surface area contributed by atoms with E-state index in [1.807, 2.05) is 0 Å². The molecule has 56 valence electrons. The van der Waals surface area contributed by atoms with Crippen molar-refractivity contribution in [3.63, 3.8) is 0 Å². The Kier molecular flexibility index (Phi) is 4.90. The number of hydrogen-bond acceptors (Lipinski definition) is 0. The Bertz CT molecular complexity index is 53.0. The van der Waals surface area contributed by atoms with E-state index in [0.717, 1.165) is 11.8 Å². The average molecular weight is 240 g/mol. The fraction of sp³-hybridized carbons (Fsp3) is 1.00. The molecule has 1 fully saturated rings. The van der Waals surface area contributed by atoms with Gasteiger partial charge in [0.2, 0.25) is 0 Å². The second-order valence-electron chi connectivity index (χ2n) is 3.37. The van der Waals surface area contributed by atoms with Crippen LogP contribution < -0.4 is 0 Å². The molecule has 1 saturated carbocycles. The third-order valence-electron chi connectivity index (χ3n) is 2.30. The Morgan fingerprint density at radius 2 is 1.00 bits per heavy atom. The minimum Gasteiger partial charge on any atom is -0.107 e. The summed E-state index contributed by atoms with van der Waals surface area (Å²) in [4.78, 5) is 0. The summed E-state index contributed by atoms with van der Waals surface area (Å²) in [7, 11) is 0. The summed E-state index contributed by atoms with van der Waals surface area (Å²) < 4.78 is 0. The van der Waals surface area contributed by atoms with Gasteiger partial charge >= 0.3 is 0 Å².